The molecule has 0 bridgehead atoms. The van der Waals surface area contributed by atoms with Gasteiger partial charge in [0.25, 0.3) is 0 Å². The Morgan fingerprint density at radius 2 is 1.33 bits per heavy atom. The molecule has 2 N–H and O–H groups in total. The van der Waals surface area contributed by atoms with Gasteiger partial charge in [0.2, 0.25) is 0 Å². The lowest BCUT2D eigenvalue weighted by Gasteiger charge is -2.21. The van der Waals surface area contributed by atoms with Crippen molar-refractivity contribution >= 4 is 0 Å². The first kappa shape index (κ1) is 15.7. The van der Waals surface area contributed by atoms with Crippen molar-refractivity contribution in [1.29, 1.82) is 0 Å². The van der Waals surface area contributed by atoms with Crippen molar-refractivity contribution in [3.63, 3.8) is 0 Å². The average molecular weight is 283 g/mol. The van der Waals surface area contributed by atoms with Crippen LogP contribution in [0, 0.1) is 5.92 Å². The summed E-state index contributed by atoms with van der Waals surface area (Å²) >= 11 is 0. The molecule has 2 aromatic rings. The van der Waals surface area contributed by atoms with Crippen molar-refractivity contribution in [2.75, 3.05) is 13.2 Å². The van der Waals surface area contributed by atoms with E-state index >= 15 is 0 Å². The van der Waals surface area contributed by atoms with E-state index in [-0.39, 0.29) is 6.61 Å². The van der Waals surface area contributed by atoms with Gasteiger partial charge in [-0.1, -0.05) is 67.6 Å². The third-order valence-electron chi connectivity index (χ3n) is 3.72. The lowest BCUT2D eigenvalue weighted by molar-refractivity contribution is 0.229. The first-order valence-electron chi connectivity index (χ1n) is 7.70. The van der Waals surface area contributed by atoms with Crippen LogP contribution in [0.25, 0.3) is 0 Å². The van der Waals surface area contributed by atoms with Gasteiger partial charge in [-0.25, -0.2) is 0 Å². The second kappa shape index (κ2) is 8.60. The largest absolute Gasteiger partial charge is 0.396 e. The number of nitrogens with one attached hydrogen (secondary N) is 1. The molecule has 0 saturated heterocycles. The van der Waals surface area contributed by atoms with Crippen molar-refractivity contribution in [3.8, 4) is 0 Å². The smallest absolute Gasteiger partial charge is 0.0468 e. The Morgan fingerprint density at radius 1 is 0.857 bits per heavy atom. The average Bonchev–Trinajstić information content (AvgIpc) is 2.54. The lowest BCUT2D eigenvalue weighted by Crippen LogP contribution is -2.37. The summed E-state index contributed by atoms with van der Waals surface area (Å²) in [4.78, 5) is 0. The summed E-state index contributed by atoms with van der Waals surface area (Å²) in [7, 11) is 0. The Morgan fingerprint density at radius 3 is 1.76 bits per heavy atom. The SMILES string of the molecule is CC(CO)CNC(Cc1ccccc1)Cc1ccccc1. The summed E-state index contributed by atoms with van der Waals surface area (Å²) in [6, 6.07) is 21.6. The van der Waals surface area contributed by atoms with Crippen LogP contribution in [0.15, 0.2) is 60.7 Å². The molecular weight excluding hydrogens is 258 g/mol. The molecule has 2 heteroatoms. The van der Waals surface area contributed by atoms with E-state index in [0.29, 0.717) is 12.0 Å². The molecule has 0 aliphatic carbocycles. The fourth-order valence-electron chi connectivity index (χ4n) is 2.45. The van der Waals surface area contributed by atoms with E-state index in [2.05, 4.69) is 72.9 Å². The highest BCUT2D eigenvalue weighted by molar-refractivity contribution is 5.19. The van der Waals surface area contributed by atoms with Crippen molar-refractivity contribution in [3.05, 3.63) is 71.8 Å². The highest BCUT2D eigenvalue weighted by Gasteiger charge is 2.11. The maximum atomic E-state index is 9.19. The number of aliphatic hydroxyl groups is 1. The standard InChI is InChI=1S/C19H25NO/c1-16(15-21)14-20-19(12-17-8-4-2-5-9-17)13-18-10-6-3-7-11-18/h2-11,16,19-21H,12-15H2,1H3. The monoisotopic (exact) mass is 283 g/mol. The van der Waals surface area contributed by atoms with Crippen LogP contribution in [0.1, 0.15) is 18.1 Å². The van der Waals surface area contributed by atoms with Gasteiger partial charge in [-0.2, -0.15) is 0 Å². The van der Waals surface area contributed by atoms with Crippen molar-refractivity contribution in [2.45, 2.75) is 25.8 Å². The second-order valence-corrected chi connectivity index (χ2v) is 5.77. The molecule has 2 aromatic carbocycles. The molecule has 0 fully saturated rings. The van der Waals surface area contributed by atoms with E-state index in [1.807, 2.05) is 0 Å². The van der Waals surface area contributed by atoms with Crippen LogP contribution in [0.4, 0.5) is 0 Å². The minimum atomic E-state index is 0.233. The van der Waals surface area contributed by atoms with E-state index in [4.69, 9.17) is 0 Å². The number of aliphatic hydroxyl groups excluding tert-OH is 1. The zero-order chi connectivity index (χ0) is 14.9. The van der Waals surface area contributed by atoms with E-state index in [1.165, 1.54) is 11.1 Å². The van der Waals surface area contributed by atoms with Gasteiger partial charge in [0.15, 0.2) is 0 Å². The molecule has 0 aliphatic rings. The topological polar surface area (TPSA) is 32.3 Å². The Bertz CT molecular complexity index is 456. The van der Waals surface area contributed by atoms with Gasteiger partial charge in [0, 0.05) is 19.2 Å². The maximum Gasteiger partial charge on any atom is 0.0468 e. The van der Waals surface area contributed by atoms with E-state index in [0.717, 1.165) is 19.4 Å². The van der Waals surface area contributed by atoms with Gasteiger partial charge in [0.1, 0.15) is 0 Å². The van der Waals surface area contributed by atoms with E-state index in [9.17, 15) is 5.11 Å². The Hall–Kier alpha value is -1.64. The van der Waals surface area contributed by atoms with E-state index in [1.54, 1.807) is 0 Å². The third kappa shape index (κ3) is 5.70. The molecule has 2 nitrogen and oxygen atoms in total. The van der Waals surface area contributed by atoms with Crippen LogP contribution < -0.4 is 5.32 Å². The Balaban J connectivity index is 1.99. The Kier molecular flexibility index (Phi) is 6.45. The number of benzene rings is 2. The van der Waals surface area contributed by atoms with Gasteiger partial charge in [-0.15, -0.1) is 0 Å². The molecule has 0 spiro atoms. The molecule has 0 aliphatic heterocycles. The summed E-state index contributed by atoms with van der Waals surface area (Å²) in [5.41, 5.74) is 2.70. The van der Waals surface area contributed by atoms with Gasteiger partial charge in [-0.3, -0.25) is 0 Å². The molecule has 0 heterocycles. The first-order valence-corrected chi connectivity index (χ1v) is 7.70. The van der Waals surface area contributed by atoms with Crippen LogP contribution in [0.3, 0.4) is 0 Å². The summed E-state index contributed by atoms with van der Waals surface area (Å²) in [6.07, 6.45) is 2.02. The molecular formula is C19H25NO. The number of rotatable bonds is 8. The first-order chi connectivity index (χ1) is 10.3. The summed E-state index contributed by atoms with van der Waals surface area (Å²) in [5.74, 6) is 0.291. The molecule has 1 atom stereocenters. The van der Waals surface area contributed by atoms with Crippen LogP contribution in [0.2, 0.25) is 0 Å². The minimum Gasteiger partial charge on any atom is -0.396 e. The molecule has 21 heavy (non-hydrogen) atoms. The van der Waals surface area contributed by atoms with Crippen LogP contribution in [-0.2, 0) is 12.8 Å². The molecule has 0 aromatic heterocycles. The third-order valence-corrected chi connectivity index (χ3v) is 3.72. The highest BCUT2D eigenvalue weighted by Crippen LogP contribution is 2.10. The lowest BCUT2D eigenvalue weighted by atomic mass is 9.98. The molecule has 0 radical (unpaired) electrons. The number of hydrogen-bond donors (Lipinski definition) is 2. The normalized spacial score (nSPS) is 12.5. The van der Waals surface area contributed by atoms with Gasteiger partial charge >= 0.3 is 0 Å². The highest BCUT2D eigenvalue weighted by atomic mass is 16.3. The second-order valence-electron chi connectivity index (χ2n) is 5.77. The van der Waals surface area contributed by atoms with Gasteiger partial charge in [0.05, 0.1) is 0 Å². The van der Waals surface area contributed by atoms with Crippen molar-refractivity contribution in [1.82, 2.24) is 5.32 Å². The van der Waals surface area contributed by atoms with Gasteiger partial charge in [-0.05, 0) is 29.9 Å². The Labute approximate surface area is 127 Å². The fraction of sp³-hybridized carbons (Fsp3) is 0.368. The summed E-state index contributed by atoms with van der Waals surface area (Å²) in [6.45, 7) is 3.15. The van der Waals surface area contributed by atoms with Crippen LogP contribution in [-0.4, -0.2) is 24.3 Å². The van der Waals surface area contributed by atoms with Crippen LogP contribution >= 0.6 is 0 Å². The minimum absolute atomic E-state index is 0.233. The van der Waals surface area contributed by atoms with E-state index < -0.39 is 0 Å². The maximum absolute atomic E-state index is 9.19. The predicted octanol–water partition coefficient (Wildman–Crippen LogP) is 3.06. The zero-order valence-corrected chi connectivity index (χ0v) is 12.7. The fourth-order valence-corrected chi connectivity index (χ4v) is 2.45. The predicted molar refractivity (Wildman–Crippen MR) is 88.3 cm³/mol. The molecule has 112 valence electrons. The summed E-state index contributed by atoms with van der Waals surface area (Å²) in [5, 5.41) is 12.8. The molecule has 0 saturated carbocycles. The molecule has 2 rings (SSSR count). The quantitative estimate of drug-likeness (QED) is 0.780. The molecule has 0 amide bonds. The zero-order valence-electron chi connectivity index (χ0n) is 12.7. The number of hydrogen-bond acceptors (Lipinski definition) is 2. The van der Waals surface area contributed by atoms with Crippen molar-refractivity contribution in [2.24, 2.45) is 5.92 Å². The van der Waals surface area contributed by atoms with Crippen LogP contribution in [0.5, 0.6) is 0 Å². The van der Waals surface area contributed by atoms with Gasteiger partial charge < -0.3 is 10.4 Å². The molecule has 1 unspecified atom stereocenters. The summed E-state index contributed by atoms with van der Waals surface area (Å²) < 4.78 is 0. The van der Waals surface area contributed by atoms with Crippen molar-refractivity contribution < 1.29 is 5.11 Å².